The van der Waals surface area contributed by atoms with Crippen LogP contribution in [0.5, 0.6) is 0 Å². The van der Waals surface area contributed by atoms with E-state index in [1.807, 2.05) is 0 Å². The van der Waals surface area contributed by atoms with Crippen LogP contribution in [-0.4, -0.2) is 11.8 Å². The molecule has 1 aromatic carbocycles. The lowest BCUT2D eigenvalue weighted by Crippen LogP contribution is -2.21. The van der Waals surface area contributed by atoms with Crippen LogP contribution in [0.2, 0.25) is 0 Å². The van der Waals surface area contributed by atoms with Crippen LogP contribution < -0.4 is 5.06 Å². The van der Waals surface area contributed by atoms with Crippen LogP contribution in [0.25, 0.3) is 0 Å². The lowest BCUT2D eigenvalue weighted by atomic mass is 10.1. The molecule has 15 heavy (non-hydrogen) atoms. The lowest BCUT2D eigenvalue weighted by Gasteiger charge is -2.19. The van der Waals surface area contributed by atoms with Crippen molar-refractivity contribution in [1.82, 2.24) is 0 Å². The lowest BCUT2D eigenvalue weighted by molar-refractivity contribution is -0.137. The zero-order valence-corrected chi connectivity index (χ0v) is 7.83. The van der Waals surface area contributed by atoms with E-state index in [4.69, 9.17) is 0 Å². The van der Waals surface area contributed by atoms with Gasteiger partial charge in [0.15, 0.2) is 0 Å². The molecule has 5 heteroatoms. The molecule has 0 saturated carbocycles. The van der Waals surface area contributed by atoms with E-state index in [-0.39, 0.29) is 12.2 Å². The van der Waals surface area contributed by atoms with Crippen LogP contribution in [0.4, 0.5) is 18.9 Å². The van der Waals surface area contributed by atoms with E-state index in [1.165, 1.54) is 24.3 Å². The highest BCUT2D eigenvalue weighted by molar-refractivity contribution is 5.53. The van der Waals surface area contributed by atoms with Crippen molar-refractivity contribution in [2.45, 2.75) is 6.18 Å². The van der Waals surface area contributed by atoms with Gasteiger partial charge >= 0.3 is 6.18 Å². The quantitative estimate of drug-likeness (QED) is 0.621. The molecule has 0 bridgehead atoms. The van der Waals surface area contributed by atoms with Gasteiger partial charge in [0.2, 0.25) is 0 Å². The fourth-order valence-electron chi connectivity index (χ4n) is 1.16. The molecule has 0 aliphatic carbocycles. The summed E-state index contributed by atoms with van der Waals surface area (Å²) < 4.78 is 37.5. The van der Waals surface area contributed by atoms with Gasteiger partial charge in [-0.2, -0.15) is 13.2 Å². The number of anilines is 1. The van der Waals surface area contributed by atoms with Crippen LogP contribution in [0.15, 0.2) is 36.9 Å². The maximum absolute atomic E-state index is 12.5. The first-order valence-corrected chi connectivity index (χ1v) is 4.20. The standard InChI is InChI=1S/C10H10F3NO/c1-2-7-14(15)9-6-4-3-5-8(9)10(11,12)13/h2-6,15H,1,7H2. The summed E-state index contributed by atoms with van der Waals surface area (Å²) in [7, 11) is 0. The average Bonchev–Trinajstić information content (AvgIpc) is 2.17. The number of halogens is 3. The van der Waals surface area contributed by atoms with E-state index in [9.17, 15) is 18.4 Å². The van der Waals surface area contributed by atoms with Crippen LogP contribution >= 0.6 is 0 Å². The molecule has 82 valence electrons. The van der Waals surface area contributed by atoms with Crippen molar-refractivity contribution in [2.75, 3.05) is 11.6 Å². The summed E-state index contributed by atoms with van der Waals surface area (Å²) in [5, 5.41) is 9.84. The molecule has 1 aromatic rings. The third kappa shape index (κ3) is 2.73. The Bertz CT molecular complexity index is 349. The number of benzene rings is 1. The SMILES string of the molecule is C=CCN(O)c1ccccc1C(F)(F)F. The van der Waals surface area contributed by atoms with Crippen LogP contribution in [0, 0.1) is 0 Å². The van der Waals surface area contributed by atoms with Gasteiger partial charge in [-0.3, -0.25) is 10.3 Å². The third-order valence-corrected chi connectivity index (χ3v) is 1.79. The molecule has 0 radical (unpaired) electrons. The predicted molar refractivity (Wildman–Crippen MR) is 50.8 cm³/mol. The van der Waals surface area contributed by atoms with Gasteiger partial charge in [-0.25, -0.2) is 0 Å². The highest BCUT2D eigenvalue weighted by atomic mass is 19.4. The smallest absolute Gasteiger partial charge is 0.288 e. The summed E-state index contributed by atoms with van der Waals surface area (Å²) in [4.78, 5) is 0. The molecule has 1 rings (SSSR count). The first kappa shape index (κ1) is 11.6. The Hall–Kier alpha value is -1.49. The Balaban J connectivity index is 3.12. The molecule has 0 aliphatic rings. The van der Waals surface area contributed by atoms with E-state index in [2.05, 4.69) is 6.58 Å². The molecule has 0 fully saturated rings. The van der Waals surface area contributed by atoms with Gasteiger partial charge in [0.05, 0.1) is 17.8 Å². The number of hydrogen-bond acceptors (Lipinski definition) is 2. The zero-order valence-electron chi connectivity index (χ0n) is 7.83. The molecule has 2 nitrogen and oxygen atoms in total. The number of hydrogen-bond donors (Lipinski definition) is 1. The molecular formula is C10H10F3NO. The van der Waals surface area contributed by atoms with Crippen molar-refractivity contribution < 1.29 is 18.4 Å². The van der Waals surface area contributed by atoms with E-state index < -0.39 is 11.7 Å². The van der Waals surface area contributed by atoms with Crippen LogP contribution in [0.3, 0.4) is 0 Å². The molecule has 0 spiro atoms. The number of rotatable bonds is 3. The maximum Gasteiger partial charge on any atom is 0.418 e. The summed E-state index contributed by atoms with van der Waals surface area (Å²) in [6.45, 7) is 3.27. The van der Waals surface area contributed by atoms with Crippen molar-refractivity contribution in [2.24, 2.45) is 0 Å². The molecule has 0 aromatic heterocycles. The number of hydroxylamine groups is 1. The Kier molecular flexibility index (Phi) is 3.36. The molecule has 0 amide bonds. The highest BCUT2D eigenvalue weighted by Gasteiger charge is 2.34. The number of alkyl halides is 3. The van der Waals surface area contributed by atoms with E-state index in [0.717, 1.165) is 6.07 Å². The minimum Gasteiger partial charge on any atom is -0.288 e. The Labute approximate surface area is 85.2 Å². The van der Waals surface area contributed by atoms with E-state index in [0.29, 0.717) is 5.06 Å². The summed E-state index contributed by atoms with van der Waals surface area (Å²) in [6, 6.07) is 4.82. The van der Waals surface area contributed by atoms with Gasteiger partial charge in [0, 0.05) is 0 Å². The summed E-state index contributed by atoms with van der Waals surface area (Å²) >= 11 is 0. The summed E-state index contributed by atoms with van der Waals surface area (Å²) in [5.74, 6) is 0. The zero-order chi connectivity index (χ0) is 11.5. The minimum absolute atomic E-state index is 0.0624. The molecule has 0 heterocycles. The monoisotopic (exact) mass is 217 g/mol. The van der Waals surface area contributed by atoms with Gasteiger partial charge in [-0.15, -0.1) is 6.58 Å². The highest BCUT2D eigenvalue weighted by Crippen LogP contribution is 2.35. The maximum atomic E-state index is 12.5. The topological polar surface area (TPSA) is 23.5 Å². The van der Waals surface area contributed by atoms with Gasteiger partial charge in [-0.05, 0) is 12.1 Å². The van der Waals surface area contributed by atoms with Gasteiger partial charge in [-0.1, -0.05) is 18.2 Å². The second-order valence-electron chi connectivity index (χ2n) is 2.89. The summed E-state index contributed by atoms with van der Waals surface area (Å²) in [5.41, 5.74) is -1.14. The van der Waals surface area contributed by atoms with Crippen molar-refractivity contribution >= 4 is 5.69 Å². The van der Waals surface area contributed by atoms with E-state index >= 15 is 0 Å². The Morgan fingerprint density at radius 2 is 1.93 bits per heavy atom. The molecular weight excluding hydrogens is 207 g/mol. The molecule has 0 atom stereocenters. The van der Waals surface area contributed by atoms with Crippen molar-refractivity contribution in [1.29, 1.82) is 0 Å². The van der Waals surface area contributed by atoms with Crippen LogP contribution in [-0.2, 0) is 6.18 Å². The Morgan fingerprint density at radius 3 is 2.47 bits per heavy atom. The second-order valence-corrected chi connectivity index (χ2v) is 2.89. The number of para-hydroxylation sites is 1. The predicted octanol–water partition coefficient (Wildman–Crippen LogP) is 3.09. The minimum atomic E-state index is -4.47. The van der Waals surface area contributed by atoms with Crippen molar-refractivity contribution in [3.8, 4) is 0 Å². The third-order valence-electron chi connectivity index (χ3n) is 1.79. The van der Waals surface area contributed by atoms with Crippen molar-refractivity contribution in [3.63, 3.8) is 0 Å². The van der Waals surface area contributed by atoms with Crippen LogP contribution in [0.1, 0.15) is 5.56 Å². The fraction of sp³-hybridized carbons (Fsp3) is 0.200. The summed E-state index contributed by atoms with van der Waals surface area (Å²) in [6.07, 6.45) is -3.16. The van der Waals surface area contributed by atoms with Gasteiger partial charge in [0.25, 0.3) is 0 Å². The van der Waals surface area contributed by atoms with Crippen molar-refractivity contribution in [3.05, 3.63) is 42.5 Å². The molecule has 0 aliphatic heterocycles. The first-order valence-electron chi connectivity index (χ1n) is 4.20. The fourth-order valence-corrected chi connectivity index (χ4v) is 1.16. The largest absolute Gasteiger partial charge is 0.418 e. The molecule has 1 N–H and O–H groups in total. The molecule has 0 unspecified atom stereocenters. The molecule has 0 saturated heterocycles. The van der Waals surface area contributed by atoms with Gasteiger partial charge < -0.3 is 0 Å². The number of nitrogens with zero attached hydrogens (tertiary/aromatic N) is 1. The van der Waals surface area contributed by atoms with Gasteiger partial charge in [0.1, 0.15) is 0 Å². The van der Waals surface area contributed by atoms with E-state index in [1.54, 1.807) is 0 Å². The average molecular weight is 217 g/mol. The second kappa shape index (κ2) is 4.35. The normalized spacial score (nSPS) is 11.2. The Morgan fingerprint density at radius 1 is 1.33 bits per heavy atom. The first-order chi connectivity index (χ1) is 6.96.